The monoisotopic (exact) mass is 442 g/mol. The van der Waals surface area contributed by atoms with Crippen LogP contribution >= 0.6 is 23.1 Å². The molecule has 0 atom stereocenters. The summed E-state index contributed by atoms with van der Waals surface area (Å²) in [5.41, 5.74) is 1.61. The highest BCUT2D eigenvalue weighted by atomic mass is 32.2. The quantitative estimate of drug-likeness (QED) is 0.221. The van der Waals surface area contributed by atoms with Crippen LogP contribution in [0.5, 0.6) is 0 Å². The minimum atomic E-state index is -0.447. The number of carbonyl (C=O) groups excluding carboxylic acids is 1. The number of thiazole rings is 1. The van der Waals surface area contributed by atoms with Gasteiger partial charge in [0.25, 0.3) is 11.6 Å². The van der Waals surface area contributed by atoms with Crippen molar-refractivity contribution in [1.82, 2.24) is 9.88 Å². The molecule has 0 saturated heterocycles. The predicted octanol–water partition coefficient (Wildman–Crippen LogP) is 4.53. The molecule has 0 spiro atoms. The lowest BCUT2D eigenvalue weighted by atomic mass is 10.2. The Kier molecular flexibility index (Phi) is 7.20. The normalized spacial score (nSPS) is 11.5. The van der Waals surface area contributed by atoms with Gasteiger partial charge < -0.3 is 4.90 Å². The van der Waals surface area contributed by atoms with E-state index in [9.17, 15) is 14.9 Å². The minimum absolute atomic E-state index is 0.0187. The molecular weight excluding hydrogens is 420 g/mol. The molecule has 30 heavy (non-hydrogen) atoms. The van der Waals surface area contributed by atoms with Crippen LogP contribution in [0, 0.1) is 10.1 Å². The zero-order valence-corrected chi connectivity index (χ0v) is 18.6. The lowest BCUT2D eigenvalue weighted by Gasteiger charge is -2.20. The maximum Gasteiger partial charge on any atom is 0.269 e. The van der Waals surface area contributed by atoms with Gasteiger partial charge in [-0.05, 0) is 62.3 Å². The Hall–Kier alpha value is -2.75. The summed E-state index contributed by atoms with van der Waals surface area (Å²) < 4.78 is 1.04. The Labute approximate surface area is 183 Å². The van der Waals surface area contributed by atoms with Crippen LogP contribution < -0.4 is 4.90 Å². The van der Waals surface area contributed by atoms with Gasteiger partial charge in [-0.3, -0.25) is 19.8 Å². The van der Waals surface area contributed by atoms with Crippen molar-refractivity contribution in [3.05, 3.63) is 64.2 Å². The topological polar surface area (TPSA) is 79.6 Å². The van der Waals surface area contributed by atoms with Crippen molar-refractivity contribution in [3.63, 3.8) is 0 Å². The predicted molar refractivity (Wildman–Crippen MR) is 124 cm³/mol. The zero-order valence-electron chi connectivity index (χ0n) is 16.9. The number of aromatic nitrogens is 1. The van der Waals surface area contributed by atoms with Crippen LogP contribution in [0.2, 0.25) is 0 Å². The van der Waals surface area contributed by atoms with Crippen LogP contribution in [0.1, 0.15) is 5.56 Å². The van der Waals surface area contributed by atoms with Gasteiger partial charge in [-0.2, -0.15) is 0 Å². The number of nitro groups is 1. The summed E-state index contributed by atoms with van der Waals surface area (Å²) in [4.78, 5) is 32.8. The van der Waals surface area contributed by atoms with Crippen LogP contribution in [0.4, 0.5) is 10.8 Å². The second-order valence-electron chi connectivity index (χ2n) is 6.81. The van der Waals surface area contributed by atoms with Crippen molar-refractivity contribution in [3.8, 4) is 0 Å². The summed E-state index contributed by atoms with van der Waals surface area (Å²) in [5.74, 6) is -0.181. The third-order valence-electron chi connectivity index (χ3n) is 4.37. The first-order valence-corrected chi connectivity index (χ1v) is 11.2. The Bertz CT molecular complexity index is 1080. The van der Waals surface area contributed by atoms with E-state index in [1.54, 1.807) is 34.9 Å². The van der Waals surface area contributed by atoms with Gasteiger partial charge in [-0.25, -0.2) is 4.98 Å². The molecule has 3 aromatic rings. The maximum absolute atomic E-state index is 13.0. The molecular formula is C21H22N4O3S2. The summed E-state index contributed by atoms with van der Waals surface area (Å²) in [5, 5.41) is 11.4. The number of non-ortho nitro benzene ring substituents is 1. The highest BCUT2D eigenvalue weighted by Crippen LogP contribution is 2.31. The fraction of sp³-hybridized carbons (Fsp3) is 0.238. The third kappa shape index (κ3) is 5.44. The molecule has 0 aliphatic carbocycles. The van der Waals surface area contributed by atoms with E-state index >= 15 is 0 Å². The van der Waals surface area contributed by atoms with Crippen LogP contribution in [-0.4, -0.2) is 54.2 Å². The average molecular weight is 443 g/mol. The van der Waals surface area contributed by atoms with E-state index < -0.39 is 4.92 Å². The summed E-state index contributed by atoms with van der Waals surface area (Å²) in [6, 6.07) is 12.2. The second kappa shape index (κ2) is 9.84. The molecule has 1 heterocycles. The number of nitrogens with zero attached hydrogens (tertiary/aromatic N) is 4. The summed E-state index contributed by atoms with van der Waals surface area (Å²) in [6.45, 7) is 1.20. The summed E-state index contributed by atoms with van der Waals surface area (Å²) in [7, 11) is 3.91. The number of carbonyl (C=O) groups is 1. The molecule has 0 radical (unpaired) electrons. The van der Waals surface area contributed by atoms with Gasteiger partial charge in [0.1, 0.15) is 0 Å². The number of amides is 1. The molecule has 0 bridgehead atoms. The number of nitro benzene ring substituents is 1. The standard InChI is InChI=1S/C21H22N4O3S2/c1-23(2)12-13-24(21-22-18-10-9-17(29-3)14-19(18)30-21)20(26)11-6-15-4-7-16(8-5-15)25(27)28/h4-11,14H,12-13H2,1-3H3/b11-6+. The Morgan fingerprint density at radius 3 is 2.57 bits per heavy atom. The summed E-state index contributed by atoms with van der Waals surface area (Å²) in [6.07, 6.45) is 5.17. The molecule has 0 unspecified atom stereocenters. The number of benzene rings is 2. The van der Waals surface area contributed by atoms with Crippen LogP contribution in [0.25, 0.3) is 16.3 Å². The van der Waals surface area contributed by atoms with E-state index in [-0.39, 0.29) is 11.6 Å². The third-order valence-corrected chi connectivity index (χ3v) is 6.14. The molecule has 0 fully saturated rings. The van der Waals surface area contributed by atoms with E-state index in [0.29, 0.717) is 18.2 Å². The molecule has 2 aromatic carbocycles. The van der Waals surface area contributed by atoms with Crippen LogP contribution in [0.3, 0.4) is 0 Å². The van der Waals surface area contributed by atoms with E-state index in [1.807, 2.05) is 37.4 Å². The second-order valence-corrected chi connectivity index (χ2v) is 8.69. The van der Waals surface area contributed by atoms with Gasteiger partial charge >= 0.3 is 0 Å². The van der Waals surface area contributed by atoms with Gasteiger partial charge in [-0.1, -0.05) is 11.3 Å². The number of rotatable bonds is 8. The fourth-order valence-electron chi connectivity index (χ4n) is 2.70. The molecule has 1 aromatic heterocycles. The van der Waals surface area contributed by atoms with E-state index in [4.69, 9.17) is 0 Å². The van der Waals surface area contributed by atoms with Crippen molar-refractivity contribution in [2.75, 3.05) is 38.3 Å². The molecule has 156 valence electrons. The van der Waals surface area contributed by atoms with Crippen molar-refractivity contribution in [2.45, 2.75) is 4.90 Å². The number of fused-ring (bicyclic) bond motifs is 1. The maximum atomic E-state index is 13.0. The van der Waals surface area contributed by atoms with Crippen molar-refractivity contribution in [2.24, 2.45) is 0 Å². The van der Waals surface area contributed by atoms with E-state index in [2.05, 4.69) is 11.1 Å². The molecule has 0 aliphatic rings. The van der Waals surface area contributed by atoms with Crippen LogP contribution in [-0.2, 0) is 4.79 Å². The lowest BCUT2D eigenvalue weighted by Crippen LogP contribution is -2.35. The molecule has 0 saturated carbocycles. The van der Waals surface area contributed by atoms with E-state index in [0.717, 1.165) is 20.7 Å². The molecule has 1 amide bonds. The zero-order chi connectivity index (χ0) is 21.7. The van der Waals surface area contributed by atoms with Crippen molar-refractivity contribution in [1.29, 1.82) is 0 Å². The Balaban J connectivity index is 1.85. The van der Waals surface area contributed by atoms with Gasteiger partial charge in [-0.15, -0.1) is 11.8 Å². The summed E-state index contributed by atoms with van der Waals surface area (Å²) >= 11 is 3.16. The number of hydrogen-bond acceptors (Lipinski definition) is 7. The fourth-order valence-corrected chi connectivity index (χ4v) is 4.25. The van der Waals surface area contributed by atoms with E-state index in [1.165, 1.54) is 29.5 Å². The van der Waals surface area contributed by atoms with Crippen molar-refractivity contribution < 1.29 is 9.72 Å². The highest BCUT2D eigenvalue weighted by molar-refractivity contribution is 7.98. The van der Waals surface area contributed by atoms with Gasteiger partial charge in [0.15, 0.2) is 5.13 Å². The molecule has 0 N–H and O–H groups in total. The lowest BCUT2D eigenvalue weighted by molar-refractivity contribution is -0.384. The number of thioether (sulfide) groups is 1. The molecule has 9 heteroatoms. The smallest absolute Gasteiger partial charge is 0.269 e. The number of hydrogen-bond donors (Lipinski definition) is 0. The van der Waals surface area contributed by atoms with Crippen molar-refractivity contribution >= 4 is 56.1 Å². The van der Waals surface area contributed by atoms with Gasteiger partial charge in [0, 0.05) is 36.2 Å². The first kappa shape index (κ1) is 21.9. The van der Waals surface area contributed by atoms with Gasteiger partial charge in [0.05, 0.1) is 15.1 Å². The highest BCUT2D eigenvalue weighted by Gasteiger charge is 2.18. The first-order valence-electron chi connectivity index (χ1n) is 9.20. The van der Waals surface area contributed by atoms with Crippen LogP contribution in [0.15, 0.2) is 53.4 Å². The molecule has 0 aliphatic heterocycles. The Morgan fingerprint density at radius 2 is 1.93 bits per heavy atom. The average Bonchev–Trinajstić information content (AvgIpc) is 3.15. The van der Waals surface area contributed by atoms with Gasteiger partial charge in [0.2, 0.25) is 0 Å². The largest absolute Gasteiger partial charge is 0.308 e. The molecule has 3 rings (SSSR count). The number of anilines is 1. The Morgan fingerprint density at radius 1 is 1.20 bits per heavy atom. The molecule has 7 nitrogen and oxygen atoms in total. The minimum Gasteiger partial charge on any atom is -0.308 e. The SMILES string of the molecule is CSc1ccc2nc(N(CCN(C)C)C(=O)/C=C/c3ccc([N+](=O)[O-])cc3)sc2c1. The first-order chi connectivity index (χ1) is 14.4. The number of likely N-dealkylation sites (N-methyl/N-ethyl adjacent to an activating group) is 1.